The number of allylic oxidation sites excluding steroid dienone is 2. The van der Waals surface area contributed by atoms with Crippen molar-refractivity contribution < 1.29 is 4.74 Å². The van der Waals surface area contributed by atoms with Crippen LogP contribution < -0.4 is 21.3 Å². The van der Waals surface area contributed by atoms with E-state index in [0.717, 1.165) is 54.3 Å². The zero-order valence-corrected chi connectivity index (χ0v) is 13.9. The van der Waals surface area contributed by atoms with Crippen LogP contribution in [-0.2, 0) is 4.74 Å². The number of ether oxygens (including phenoxy) is 1. The number of aromatic nitrogens is 1. The van der Waals surface area contributed by atoms with Gasteiger partial charge < -0.3 is 20.3 Å². The Hall–Kier alpha value is -2.31. The Morgan fingerprint density at radius 3 is 3.00 bits per heavy atom. The molecule has 1 aromatic rings. The number of nitrogens with two attached hydrogens (primary N) is 2. The molecule has 0 aliphatic carbocycles. The fourth-order valence-corrected chi connectivity index (χ4v) is 3.56. The highest BCUT2D eigenvalue weighted by atomic mass is 16.5. The van der Waals surface area contributed by atoms with Crippen molar-refractivity contribution in [2.45, 2.75) is 32.0 Å². The zero-order valence-electron chi connectivity index (χ0n) is 13.9. The van der Waals surface area contributed by atoms with Crippen molar-refractivity contribution in [3.63, 3.8) is 0 Å². The maximum atomic E-state index is 6.18. The Balaban J connectivity index is 1.74. The third-order valence-corrected chi connectivity index (χ3v) is 4.62. The van der Waals surface area contributed by atoms with Crippen molar-refractivity contribution in [2.24, 2.45) is 11.5 Å². The van der Waals surface area contributed by atoms with Crippen molar-refractivity contribution >= 4 is 11.4 Å². The van der Waals surface area contributed by atoms with E-state index in [1.165, 1.54) is 0 Å². The highest BCUT2D eigenvalue weighted by Gasteiger charge is 2.30. The summed E-state index contributed by atoms with van der Waals surface area (Å²) in [7, 11) is 0. The minimum Gasteiger partial charge on any atom is -0.470 e. The second kappa shape index (κ2) is 5.96. The highest BCUT2D eigenvalue weighted by Crippen LogP contribution is 2.39. The van der Waals surface area contributed by atoms with Crippen LogP contribution in [0, 0.1) is 0 Å². The fraction of sp³-hybridized carbons (Fsp3) is 0.389. The molecule has 24 heavy (non-hydrogen) atoms. The molecular formula is C18H23N5O. The second-order valence-corrected chi connectivity index (χ2v) is 6.60. The number of fused-ring (bicyclic) bond motifs is 1. The Labute approximate surface area is 142 Å². The molecule has 0 amide bonds. The summed E-state index contributed by atoms with van der Waals surface area (Å²) in [6, 6.07) is 2.28. The zero-order chi connectivity index (χ0) is 16.7. The molecule has 4 rings (SSSR count). The fourth-order valence-electron chi connectivity index (χ4n) is 3.56. The Bertz CT molecular complexity index is 739. The smallest absolute Gasteiger partial charge is 0.169 e. The van der Waals surface area contributed by atoms with E-state index in [1.807, 2.05) is 24.5 Å². The van der Waals surface area contributed by atoms with E-state index in [-0.39, 0.29) is 6.04 Å². The SMILES string of the molecule is CC1=CN(c2cnccc2N2CCC[C@H](N)C2)C2=CC(N)OC2=C1. The normalized spacial score (nSPS) is 26.4. The molecule has 4 N–H and O–H groups in total. The molecule has 0 radical (unpaired) electrons. The Morgan fingerprint density at radius 2 is 2.17 bits per heavy atom. The molecule has 1 aromatic heterocycles. The van der Waals surface area contributed by atoms with Gasteiger partial charge in [-0.05, 0) is 43.6 Å². The molecule has 0 bridgehead atoms. The average molecular weight is 325 g/mol. The molecule has 6 nitrogen and oxygen atoms in total. The van der Waals surface area contributed by atoms with Gasteiger partial charge in [-0.25, -0.2) is 0 Å². The molecule has 0 saturated carbocycles. The van der Waals surface area contributed by atoms with E-state index >= 15 is 0 Å². The summed E-state index contributed by atoms with van der Waals surface area (Å²) < 4.78 is 5.70. The molecule has 3 aliphatic rings. The minimum absolute atomic E-state index is 0.219. The van der Waals surface area contributed by atoms with E-state index in [1.54, 1.807) is 0 Å². The van der Waals surface area contributed by atoms with Gasteiger partial charge in [0, 0.05) is 31.5 Å². The molecule has 0 spiro atoms. The molecule has 3 aliphatic heterocycles. The summed E-state index contributed by atoms with van der Waals surface area (Å²) in [5, 5.41) is 0. The lowest BCUT2D eigenvalue weighted by Crippen LogP contribution is -2.43. The predicted octanol–water partition coefficient (Wildman–Crippen LogP) is 1.82. The van der Waals surface area contributed by atoms with E-state index in [9.17, 15) is 0 Å². The van der Waals surface area contributed by atoms with Crippen LogP contribution in [-0.4, -0.2) is 30.3 Å². The van der Waals surface area contributed by atoms with Crippen molar-refractivity contribution in [1.82, 2.24) is 4.98 Å². The summed E-state index contributed by atoms with van der Waals surface area (Å²) in [5.74, 6) is 0.813. The van der Waals surface area contributed by atoms with Gasteiger partial charge >= 0.3 is 0 Å². The van der Waals surface area contributed by atoms with Crippen LogP contribution in [0.5, 0.6) is 0 Å². The van der Waals surface area contributed by atoms with Crippen molar-refractivity contribution in [2.75, 3.05) is 22.9 Å². The molecule has 1 saturated heterocycles. The van der Waals surface area contributed by atoms with Gasteiger partial charge in [0.15, 0.2) is 6.23 Å². The van der Waals surface area contributed by atoms with E-state index in [4.69, 9.17) is 16.2 Å². The first kappa shape index (κ1) is 15.2. The van der Waals surface area contributed by atoms with Crippen molar-refractivity contribution in [1.29, 1.82) is 0 Å². The van der Waals surface area contributed by atoms with Crippen LogP contribution in [0.25, 0.3) is 0 Å². The van der Waals surface area contributed by atoms with Gasteiger partial charge in [-0.1, -0.05) is 0 Å². The monoisotopic (exact) mass is 325 g/mol. The number of piperidine rings is 1. The van der Waals surface area contributed by atoms with Gasteiger partial charge in [0.2, 0.25) is 0 Å². The number of pyridine rings is 1. The van der Waals surface area contributed by atoms with Gasteiger partial charge in [-0.3, -0.25) is 10.7 Å². The summed E-state index contributed by atoms with van der Waals surface area (Å²) >= 11 is 0. The second-order valence-electron chi connectivity index (χ2n) is 6.60. The van der Waals surface area contributed by atoms with Crippen LogP contribution in [0.1, 0.15) is 19.8 Å². The number of rotatable bonds is 2. The van der Waals surface area contributed by atoms with E-state index < -0.39 is 6.23 Å². The molecule has 1 unspecified atom stereocenters. The largest absolute Gasteiger partial charge is 0.470 e. The van der Waals surface area contributed by atoms with Crippen LogP contribution in [0.15, 0.2) is 53.8 Å². The molecule has 6 heteroatoms. The summed E-state index contributed by atoms with van der Waals surface area (Å²) in [6.45, 7) is 3.93. The number of hydrogen-bond acceptors (Lipinski definition) is 6. The Morgan fingerprint density at radius 1 is 1.29 bits per heavy atom. The van der Waals surface area contributed by atoms with Crippen LogP contribution in [0.4, 0.5) is 11.4 Å². The molecule has 4 heterocycles. The maximum absolute atomic E-state index is 6.18. The third kappa shape index (κ3) is 2.68. The number of hydrogen-bond donors (Lipinski definition) is 2. The average Bonchev–Trinajstić information content (AvgIpc) is 2.94. The highest BCUT2D eigenvalue weighted by molar-refractivity contribution is 5.76. The summed E-state index contributed by atoms with van der Waals surface area (Å²) in [4.78, 5) is 8.82. The lowest BCUT2D eigenvalue weighted by atomic mass is 10.1. The third-order valence-electron chi connectivity index (χ3n) is 4.62. The van der Waals surface area contributed by atoms with Crippen LogP contribution >= 0.6 is 0 Å². The lowest BCUT2D eigenvalue weighted by molar-refractivity contribution is 0.186. The van der Waals surface area contributed by atoms with Gasteiger partial charge in [-0.2, -0.15) is 0 Å². The lowest BCUT2D eigenvalue weighted by Gasteiger charge is -2.36. The quantitative estimate of drug-likeness (QED) is 0.863. The van der Waals surface area contributed by atoms with Crippen LogP contribution in [0.3, 0.4) is 0 Å². The van der Waals surface area contributed by atoms with Gasteiger partial charge in [-0.15, -0.1) is 0 Å². The van der Waals surface area contributed by atoms with Gasteiger partial charge in [0.1, 0.15) is 5.76 Å². The summed E-state index contributed by atoms with van der Waals surface area (Å²) in [6.07, 6.45) is 11.6. The van der Waals surface area contributed by atoms with Crippen LogP contribution in [0.2, 0.25) is 0 Å². The van der Waals surface area contributed by atoms with Crippen molar-refractivity contribution in [3.05, 3.63) is 53.8 Å². The van der Waals surface area contributed by atoms with Gasteiger partial charge in [0.25, 0.3) is 0 Å². The molecule has 2 atom stereocenters. The topological polar surface area (TPSA) is 80.6 Å². The standard InChI is InChI=1S/C18H23N5O/c1-12-7-17-15(8-18(20)24-17)23(10-12)16-9-21-5-4-14(16)22-6-2-3-13(19)11-22/h4-5,7-10,13,18H,2-3,6,11,19-20H2,1H3/t13-,18?/m0/s1. The first-order valence-electron chi connectivity index (χ1n) is 8.40. The minimum atomic E-state index is -0.406. The maximum Gasteiger partial charge on any atom is 0.169 e. The Kier molecular flexibility index (Phi) is 3.78. The van der Waals surface area contributed by atoms with E-state index in [0.29, 0.717) is 0 Å². The molecule has 126 valence electrons. The number of nitrogens with zero attached hydrogens (tertiary/aromatic N) is 3. The number of anilines is 2. The molecular weight excluding hydrogens is 302 g/mol. The summed E-state index contributed by atoms with van der Waals surface area (Å²) in [5.41, 5.74) is 16.4. The molecule has 1 fully saturated rings. The predicted molar refractivity (Wildman–Crippen MR) is 95.1 cm³/mol. The van der Waals surface area contributed by atoms with Crippen molar-refractivity contribution in [3.8, 4) is 0 Å². The van der Waals surface area contributed by atoms with Gasteiger partial charge in [0.05, 0.1) is 23.3 Å². The first-order valence-corrected chi connectivity index (χ1v) is 8.40. The molecule has 0 aromatic carbocycles. The first-order chi connectivity index (χ1) is 11.6. The van der Waals surface area contributed by atoms with E-state index in [2.05, 4.69) is 34.0 Å².